The summed E-state index contributed by atoms with van der Waals surface area (Å²) >= 11 is 0. The molecule has 0 saturated carbocycles. The Morgan fingerprint density at radius 3 is 2.86 bits per heavy atom. The van der Waals surface area contributed by atoms with Gasteiger partial charge in [-0.3, -0.25) is 25.4 Å². The summed E-state index contributed by atoms with van der Waals surface area (Å²) < 4.78 is 5.39. The summed E-state index contributed by atoms with van der Waals surface area (Å²) in [6.45, 7) is 1.06. The number of hydrogen-bond donors (Lipinski definition) is 5. The summed E-state index contributed by atoms with van der Waals surface area (Å²) in [7, 11) is 0. The topological polar surface area (TPSA) is 151 Å². The molecule has 3 heterocycles. The lowest BCUT2D eigenvalue weighted by Gasteiger charge is -2.32. The molecule has 3 aliphatic rings. The Bertz CT molecular complexity index is 563. The van der Waals surface area contributed by atoms with Gasteiger partial charge in [0.15, 0.2) is 17.6 Å². The van der Waals surface area contributed by atoms with Crippen LogP contribution in [-0.4, -0.2) is 80.9 Å². The molecule has 1 fully saturated rings. The molecule has 0 aromatic rings. The lowest BCUT2D eigenvalue weighted by molar-refractivity contribution is -0.122. The first kappa shape index (κ1) is 14.1. The normalized spacial score (nSPS) is 42.1. The molecule has 0 spiro atoms. The fourth-order valence-electron chi connectivity index (χ4n) is 2.53. The number of hydrogen-bond acceptors (Lipinski definition) is 8. The lowest BCUT2D eigenvalue weighted by atomic mass is 9.99. The molecular formula is C11H15N5O5. The van der Waals surface area contributed by atoms with Crippen LogP contribution in [0.15, 0.2) is 9.98 Å². The molecule has 0 aliphatic carbocycles. The maximum absolute atomic E-state index is 12.0. The number of amidine groups is 1. The first-order valence-electron chi connectivity index (χ1n) is 6.34. The Balaban J connectivity index is 1.93. The highest BCUT2D eigenvalue weighted by molar-refractivity contribution is 6.26. The third-order valence-electron chi connectivity index (χ3n) is 3.80. The first-order valence-corrected chi connectivity index (χ1v) is 6.34. The average Bonchev–Trinajstić information content (AvgIpc) is 2.91. The Morgan fingerprint density at radius 1 is 1.52 bits per heavy atom. The highest BCUT2D eigenvalue weighted by Gasteiger charge is 2.54. The van der Waals surface area contributed by atoms with E-state index in [0.29, 0.717) is 0 Å². The van der Waals surface area contributed by atoms with Crippen LogP contribution in [0.3, 0.4) is 0 Å². The van der Waals surface area contributed by atoms with Gasteiger partial charge in [-0.15, -0.1) is 0 Å². The van der Waals surface area contributed by atoms with Crippen LogP contribution in [0.25, 0.3) is 0 Å². The van der Waals surface area contributed by atoms with Crippen LogP contribution >= 0.6 is 0 Å². The summed E-state index contributed by atoms with van der Waals surface area (Å²) in [6.07, 6.45) is -3.28. The van der Waals surface area contributed by atoms with E-state index < -0.39 is 42.6 Å². The van der Waals surface area contributed by atoms with E-state index >= 15 is 0 Å². The number of aliphatic imine (C=N–C) groups is 2. The van der Waals surface area contributed by atoms with Crippen molar-refractivity contribution >= 4 is 24.0 Å². The fraction of sp³-hybridized carbons (Fsp3) is 0.636. The second-order valence-electron chi connectivity index (χ2n) is 5.19. The van der Waals surface area contributed by atoms with Crippen molar-refractivity contribution in [3.8, 4) is 0 Å². The number of rotatable bonds is 2. The molecule has 0 bridgehead atoms. The molecular weight excluding hydrogens is 282 g/mol. The number of fused-ring (bicyclic) bond motifs is 1. The van der Waals surface area contributed by atoms with Gasteiger partial charge in [0.25, 0.3) is 5.91 Å². The van der Waals surface area contributed by atoms with Crippen molar-refractivity contribution in [2.45, 2.75) is 37.0 Å². The van der Waals surface area contributed by atoms with Gasteiger partial charge in [-0.05, 0) is 6.92 Å². The molecule has 5 N–H and O–H groups in total. The predicted molar refractivity (Wildman–Crippen MR) is 69.8 cm³/mol. The van der Waals surface area contributed by atoms with Gasteiger partial charge in [0.05, 0.1) is 12.9 Å². The van der Waals surface area contributed by atoms with Gasteiger partial charge in [-0.1, -0.05) is 0 Å². The van der Waals surface area contributed by atoms with E-state index in [2.05, 4.69) is 15.3 Å². The van der Waals surface area contributed by atoms with E-state index in [-0.39, 0.29) is 11.8 Å². The molecule has 10 heteroatoms. The maximum atomic E-state index is 12.0. The Morgan fingerprint density at radius 2 is 2.24 bits per heavy atom. The van der Waals surface area contributed by atoms with Crippen LogP contribution in [0.5, 0.6) is 0 Å². The molecule has 21 heavy (non-hydrogen) atoms. The number of nitrogens with zero attached hydrogens (tertiary/aromatic N) is 3. The summed E-state index contributed by atoms with van der Waals surface area (Å²) in [5, 5.41) is 38.7. The van der Waals surface area contributed by atoms with Crippen LogP contribution in [0.2, 0.25) is 0 Å². The van der Waals surface area contributed by atoms with Crippen LogP contribution in [0, 0.1) is 5.41 Å². The zero-order valence-corrected chi connectivity index (χ0v) is 11.1. The minimum absolute atomic E-state index is 0.131. The summed E-state index contributed by atoms with van der Waals surface area (Å²) in [5.74, 6) is -0.719. The maximum Gasteiger partial charge on any atom is 0.262 e. The molecule has 0 aromatic carbocycles. The molecule has 0 aromatic heterocycles. The highest BCUT2D eigenvalue weighted by atomic mass is 16.6. The van der Waals surface area contributed by atoms with Crippen molar-refractivity contribution < 1.29 is 24.9 Å². The summed E-state index contributed by atoms with van der Waals surface area (Å²) in [5.41, 5.74) is -1.31. The van der Waals surface area contributed by atoms with Gasteiger partial charge in [-0.2, -0.15) is 4.99 Å². The van der Waals surface area contributed by atoms with Crippen molar-refractivity contribution in [3.63, 3.8) is 0 Å². The van der Waals surface area contributed by atoms with E-state index in [1.165, 1.54) is 18.2 Å². The molecule has 1 unspecified atom stereocenters. The molecule has 5 atom stereocenters. The number of carbonyl (C=O) groups is 1. The zero-order valence-electron chi connectivity index (χ0n) is 11.1. The van der Waals surface area contributed by atoms with Gasteiger partial charge in [-0.25, -0.2) is 0 Å². The molecule has 1 amide bonds. The third kappa shape index (κ3) is 1.87. The molecule has 3 rings (SSSR count). The number of aliphatic hydroxyl groups is 3. The first-order chi connectivity index (χ1) is 9.88. The number of carbonyl (C=O) groups excluding carboxylic acids is 1. The Labute approximate surface area is 119 Å². The predicted octanol–water partition coefficient (Wildman–Crippen LogP) is -3.01. The third-order valence-corrected chi connectivity index (χ3v) is 3.80. The van der Waals surface area contributed by atoms with Crippen LogP contribution < -0.4 is 5.32 Å². The van der Waals surface area contributed by atoms with Crippen molar-refractivity contribution in [1.29, 1.82) is 5.41 Å². The minimum Gasteiger partial charge on any atom is -0.394 e. The van der Waals surface area contributed by atoms with Gasteiger partial charge in [0, 0.05) is 0 Å². The number of aliphatic hydroxyl groups excluding tert-OH is 3. The van der Waals surface area contributed by atoms with Gasteiger partial charge < -0.3 is 20.1 Å². The van der Waals surface area contributed by atoms with E-state index in [9.17, 15) is 15.0 Å². The van der Waals surface area contributed by atoms with Crippen LogP contribution in [0.4, 0.5) is 0 Å². The largest absolute Gasteiger partial charge is 0.394 e. The van der Waals surface area contributed by atoms with Gasteiger partial charge >= 0.3 is 0 Å². The molecule has 3 aliphatic heterocycles. The summed E-state index contributed by atoms with van der Waals surface area (Å²) in [4.78, 5) is 21.3. The molecule has 1 saturated heterocycles. The van der Waals surface area contributed by atoms with Gasteiger partial charge in [0.2, 0.25) is 5.96 Å². The van der Waals surface area contributed by atoms with Crippen molar-refractivity contribution in [1.82, 2.24) is 10.2 Å². The minimum atomic E-state index is -1.31. The van der Waals surface area contributed by atoms with E-state index in [1.807, 2.05) is 0 Å². The molecule has 0 radical (unpaired) electrons. The Hall–Kier alpha value is -1.88. The molecule has 114 valence electrons. The number of guanidine groups is 1. The van der Waals surface area contributed by atoms with Crippen molar-refractivity contribution in [3.05, 3.63) is 0 Å². The number of amides is 1. The highest BCUT2D eigenvalue weighted by Crippen LogP contribution is 2.31. The monoisotopic (exact) mass is 297 g/mol. The van der Waals surface area contributed by atoms with Crippen LogP contribution in [-0.2, 0) is 9.53 Å². The standard InChI is InChI=1S/C11H15N5O5/c1-11-8(14-10(12)15-9(11)20)16(3-13-11)7-6(19)5(18)4(2-17)21-7/h3-7,17-19H,2H2,1H3,(H2,12,15,20)/t4-,5-,6-,7-,11?/m1/s1. The van der Waals surface area contributed by atoms with E-state index in [4.69, 9.17) is 15.3 Å². The quantitative estimate of drug-likeness (QED) is 0.366. The van der Waals surface area contributed by atoms with Crippen molar-refractivity contribution in [2.75, 3.05) is 6.61 Å². The van der Waals surface area contributed by atoms with Gasteiger partial charge in [0.1, 0.15) is 18.3 Å². The molecule has 10 nitrogen and oxygen atoms in total. The van der Waals surface area contributed by atoms with E-state index in [1.54, 1.807) is 0 Å². The second-order valence-corrected chi connectivity index (χ2v) is 5.19. The SMILES string of the molecule is CC12N=CN([C@@H]3O[C@H](CO)[C@@H](O)[C@H]3O)C1=NC(=N)NC2=O. The average molecular weight is 297 g/mol. The second kappa shape index (κ2) is 4.56. The van der Waals surface area contributed by atoms with Crippen molar-refractivity contribution in [2.24, 2.45) is 9.98 Å². The zero-order chi connectivity index (χ0) is 15.4. The Kier molecular flexibility index (Phi) is 3.06. The smallest absolute Gasteiger partial charge is 0.262 e. The fourth-order valence-corrected chi connectivity index (χ4v) is 2.53. The van der Waals surface area contributed by atoms with Crippen LogP contribution in [0.1, 0.15) is 6.92 Å². The number of ether oxygens (including phenoxy) is 1. The lowest BCUT2D eigenvalue weighted by Crippen LogP contribution is -2.58. The summed E-state index contributed by atoms with van der Waals surface area (Å²) in [6, 6.07) is 0. The number of nitrogens with one attached hydrogen (secondary N) is 2. The van der Waals surface area contributed by atoms with E-state index in [0.717, 1.165) is 0 Å².